The molecular formula is C13H19ClN2. The molecule has 0 bridgehead atoms. The topological polar surface area (TPSA) is 24.9 Å². The number of pyridine rings is 1. The lowest BCUT2D eigenvalue weighted by Gasteiger charge is -2.32. The van der Waals surface area contributed by atoms with Crippen LogP contribution in [0.5, 0.6) is 0 Å². The summed E-state index contributed by atoms with van der Waals surface area (Å²) in [5.41, 5.74) is 4.23. The van der Waals surface area contributed by atoms with Crippen LogP contribution in [0.4, 0.5) is 0 Å². The molecule has 16 heavy (non-hydrogen) atoms. The van der Waals surface area contributed by atoms with Gasteiger partial charge in [-0.3, -0.25) is 4.98 Å². The zero-order valence-corrected chi connectivity index (χ0v) is 10.7. The minimum Gasteiger partial charge on any atom is -0.312 e. The quantitative estimate of drug-likeness (QED) is 0.814. The number of hydrogen-bond acceptors (Lipinski definition) is 2. The third-order valence-corrected chi connectivity index (χ3v) is 3.52. The minimum atomic E-state index is 0. The second-order valence-electron chi connectivity index (χ2n) is 5.51. The van der Waals surface area contributed by atoms with Gasteiger partial charge in [-0.1, -0.05) is 19.9 Å². The fraction of sp³-hybridized carbons (Fsp3) is 0.615. The van der Waals surface area contributed by atoms with E-state index in [4.69, 9.17) is 4.98 Å². The number of halogens is 1. The Kier molecular flexibility index (Phi) is 2.97. The van der Waals surface area contributed by atoms with Crippen molar-refractivity contribution in [1.82, 2.24) is 10.3 Å². The molecule has 2 aliphatic rings. The van der Waals surface area contributed by atoms with E-state index in [0.29, 0.717) is 0 Å². The third kappa shape index (κ3) is 1.96. The van der Waals surface area contributed by atoms with Gasteiger partial charge in [0.1, 0.15) is 0 Å². The van der Waals surface area contributed by atoms with E-state index in [9.17, 15) is 0 Å². The second-order valence-corrected chi connectivity index (χ2v) is 5.51. The smallest absolute Gasteiger partial charge is 0.0520 e. The van der Waals surface area contributed by atoms with Gasteiger partial charge in [0.05, 0.1) is 5.69 Å². The average molecular weight is 239 g/mol. The van der Waals surface area contributed by atoms with Crippen molar-refractivity contribution in [2.45, 2.75) is 44.6 Å². The van der Waals surface area contributed by atoms with Crippen LogP contribution in [0.25, 0.3) is 0 Å². The molecule has 88 valence electrons. The van der Waals surface area contributed by atoms with Gasteiger partial charge in [0, 0.05) is 30.1 Å². The van der Waals surface area contributed by atoms with Crippen molar-refractivity contribution in [2.75, 3.05) is 6.54 Å². The molecule has 1 aromatic rings. The number of nitrogens with one attached hydrogen (secondary N) is 1. The monoisotopic (exact) mass is 238 g/mol. The Balaban J connectivity index is 0.000000963. The predicted octanol–water partition coefficient (Wildman–Crippen LogP) is 2.76. The van der Waals surface area contributed by atoms with Gasteiger partial charge in [0.25, 0.3) is 0 Å². The minimum absolute atomic E-state index is 0. The van der Waals surface area contributed by atoms with Crippen LogP contribution >= 0.6 is 12.4 Å². The van der Waals surface area contributed by atoms with E-state index in [1.54, 1.807) is 0 Å². The van der Waals surface area contributed by atoms with E-state index in [-0.39, 0.29) is 17.8 Å². The van der Waals surface area contributed by atoms with Crippen LogP contribution in [0.1, 0.15) is 49.6 Å². The summed E-state index contributed by atoms with van der Waals surface area (Å²) in [5, 5.41) is 3.46. The zero-order valence-electron chi connectivity index (χ0n) is 9.92. The summed E-state index contributed by atoms with van der Waals surface area (Å²) in [6.07, 6.45) is 2.68. The van der Waals surface area contributed by atoms with Crippen molar-refractivity contribution in [3.63, 3.8) is 0 Å². The van der Waals surface area contributed by atoms with Gasteiger partial charge in [-0.05, 0) is 24.5 Å². The van der Waals surface area contributed by atoms with Gasteiger partial charge in [-0.2, -0.15) is 0 Å². The summed E-state index contributed by atoms with van der Waals surface area (Å²) in [5.74, 6) is 0.765. The number of fused-ring (bicyclic) bond motifs is 1. The van der Waals surface area contributed by atoms with E-state index >= 15 is 0 Å². The highest BCUT2D eigenvalue weighted by atomic mass is 35.5. The molecule has 3 rings (SSSR count). The fourth-order valence-electron chi connectivity index (χ4n) is 2.43. The highest BCUT2D eigenvalue weighted by Gasteiger charge is 2.31. The Hall–Kier alpha value is -0.600. The number of rotatable bonds is 1. The van der Waals surface area contributed by atoms with E-state index in [0.717, 1.165) is 19.0 Å². The first-order valence-electron chi connectivity index (χ1n) is 5.88. The fourth-order valence-corrected chi connectivity index (χ4v) is 2.43. The third-order valence-electron chi connectivity index (χ3n) is 3.52. The highest BCUT2D eigenvalue weighted by Crippen LogP contribution is 2.40. The largest absolute Gasteiger partial charge is 0.312 e. The van der Waals surface area contributed by atoms with Crippen molar-refractivity contribution in [1.29, 1.82) is 0 Å². The first kappa shape index (κ1) is 11.9. The predicted molar refractivity (Wildman–Crippen MR) is 68.2 cm³/mol. The molecule has 1 fully saturated rings. The van der Waals surface area contributed by atoms with Gasteiger partial charge in [0.2, 0.25) is 0 Å². The summed E-state index contributed by atoms with van der Waals surface area (Å²) in [4.78, 5) is 4.89. The van der Waals surface area contributed by atoms with Gasteiger partial charge >= 0.3 is 0 Å². The van der Waals surface area contributed by atoms with Crippen LogP contribution in [0.3, 0.4) is 0 Å². The number of hydrogen-bond donors (Lipinski definition) is 1. The molecule has 0 aromatic carbocycles. The van der Waals surface area contributed by atoms with Crippen molar-refractivity contribution in [3.05, 3.63) is 29.1 Å². The van der Waals surface area contributed by atoms with Crippen LogP contribution in [-0.4, -0.2) is 11.5 Å². The van der Waals surface area contributed by atoms with Gasteiger partial charge < -0.3 is 5.32 Å². The normalized spacial score (nSPS) is 22.1. The van der Waals surface area contributed by atoms with Crippen molar-refractivity contribution >= 4 is 12.4 Å². The lowest BCUT2D eigenvalue weighted by atomic mass is 9.83. The summed E-state index contributed by atoms with van der Waals surface area (Å²) >= 11 is 0. The van der Waals surface area contributed by atoms with E-state index in [1.807, 2.05) is 0 Å². The molecule has 1 aliphatic carbocycles. The SMILES string of the molecule is CC1(C)CNCc2ccc(C3CC3)nc21.Cl. The first-order valence-corrected chi connectivity index (χ1v) is 5.88. The molecule has 0 amide bonds. The van der Waals surface area contributed by atoms with E-state index in [2.05, 4.69) is 31.3 Å². The Labute approximate surface area is 103 Å². The molecule has 0 saturated heterocycles. The summed E-state index contributed by atoms with van der Waals surface area (Å²) in [6.45, 7) is 6.58. The molecule has 2 nitrogen and oxygen atoms in total. The maximum Gasteiger partial charge on any atom is 0.0520 e. The Morgan fingerprint density at radius 1 is 1.31 bits per heavy atom. The summed E-state index contributed by atoms with van der Waals surface area (Å²) < 4.78 is 0. The highest BCUT2D eigenvalue weighted by molar-refractivity contribution is 5.85. The molecular weight excluding hydrogens is 220 g/mol. The van der Waals surface area contributed by atoms with Crippen LogP contribution < -0.4 is 5.32 Å². The maximum atomic E-state index is 4.89. The average Bonchev–Trinajstić information content (AvgIpc) is 3.00. The Morgan fingerprint density at radius 3 is 2.75 bits per heavy atom. The zero-order chi connectivity index (χ0) is 10.5. The van der Waals surface area contributed by atoms with Crippen molar-refractivity contribution < 1.29 is 0 Å². The van der Waals surface area contributed by atoms with Gasteiger partial charge in [-0.15, -0.1) is 12.4 Å². The Bertz CT molecular complexity index is 397. The number of aromatic nitrogens is 1. The molecule has 2 heterocycles. The Morgan fingerprint density at radius 2 is 2.06 bits per heavy atom. The molecule has 0 atom stereocenters. The van der Waals surface area contributed by atoms with E-state index in [1.165, 1.54) is 29.8 Å². The lowest BCUT2D eigenvalue weighted by molar-refractivity contribution is 0.420. The van der Waals surface area contributed by atoms with E-state index < -0.39 is 0 Å². The maximum absolute atomic E-state index is 4.89. The van der Waals surface area contributed by atoms with Crippen LogP contribution in [-0.2, 0) is 12.0 Å². The summed E-state index contributed by atoms with van der Waals surface area (Å²) in [6, 6.07) is 4.49. The number of nitrogens with zero attached hydrogens (tertiary/aromatic N) is 1. The van der Waals surface area contributed by atoms with Crippen LogP contribution in [0, 0.1) is 0 Å². The van der Waals surface area contributed by atoms with Crippen molar-refractivity contribution in [3.8, 4) is 0 Å². The van der Waals surface area contributed by atoms with Crippen LogP contribution in [0.2, 0.25) is 0 Å². The first-order chi connectivity index (χ1) is 7.17. The second kappa shape index (κ2) is 4.01. The summed E-state index contributed by atoms with van der Waals surface area (Å²) in [7, 11) is 0. The van der Waals surface area contributed by atoms with Gasteiger partial charge in [0.15, 0.2) is 0 Å². The van der Waals surface area contributed by atoms with Crippen LogP contribution in [0.15, 0.2) is 12.1 Å². The molecule has 0 unspecified atom stereocenters. The standard InChI is InChI=1S/C13H18N2.ClH/c1-13(2)8-14-7-10-5-6-11(9-3-4-9)15-12(10)13;/h5-6,9,14H,3-4,7-8H2,1-2H3;1H. The molecule has 1 aromatic heterocycles. The molecule has 3 heteroatoms. The lowest BCUT2D eigenvalue weighted by Crippen LogP contribution is -2.39. The van der Waals surface area contributed by atoms with Crippen molar-refractivity contribution in [2.24, 2.45) is 0 Å². The molecule has 1 aliphatic heterocycles. The van der Waals surface area contributed by atoms with Gasteiger partial charge in [-0.25, -0.2) is 0 Å². The molecule has 1 N–H and O–H groups in total. The molecule has 0 radical (unpaired) electrons. The molecule has 0 spiro atoms. The molecule has 1 saturated carbocycles.